The maximum absolute atomic E-state index is 11.7. The van der Waals surface area contributed by atoms with Crippen molar-refractivity contribution in [3.63, 3.8) is 0 Å². The number of benzene rings is 1. The first kappa shape index (κ1) is 12.2. The smallest absolute Gasteiger partial charge is 0.232 e. The molecule has 0 aliphatic heterocycles. The fourth-order valence-electron chi connectivity index (χ4n) is 0.974. The number of nitrogens with two attached hydrogens (primary N) is 1. The van der Waals surface area contributed by atoms with Gasteiger partial charge in [-0.15, -0.1) is 0 Å². The largest absolute Gasteiger partial charge is 0.398 e. The molecule has 15 heavy (non-hydrogen) atoms. The molecule has 1 unspecified atom stereocenters. The van der Waals surface area contributed by atoms with Gasteiger partial charge in [-0.25, -0.2) is 0 Å². The number of rotatable bonds is 3. The molecule has 1 rings (SSSR count). The molecule has 1 atom stereocenters. The van der Waals surface area contributed by atoms with Crippen LogP contribution in [0.4, 0.5) is 5.69 Å². The van der Waals surface area contributed by atoms with E-state index in [4.69, 9.17) is 5.73 Å². The highest BCUT2D eigenvalue weighted by molar-refractivity contribution is 9.10. The summed E-state index contributed by atoms with van der Waals surface area (Å²) in [4.78, 5) is 11.5. The second-order valence-corrected chi connectivity index (χ2v) is 5.18. The third-order valence-electron chi connectivity index (χ3n) is 1.76. The van der Waals surface area contributed by atoms with E-state index in [1.54, 1.807) is 18.2 Å². The lowest BCUT2D eigenvalue weighted by Crippen LogP contribution is -2.24. The number of amides is 1. The molecule has 0 bridgehead atoms. The van der Waals surface area contributed by atoms with Crippen molar-refractivity contribution in [2.45, 2.75) is 4.90 Å². The molecule has 1 amide bonds. The molecule has 0 radical (unpaired) electrons. The maximum atomic E-state index is 11.7. The van der Waals surface area contributed by atoms with E-state index < -0.39 is 10.8 Å². The van der Waals surface area contributed by atoms with E-state index in [2.05, 4.69) is 21.2 Å². The van der Waals surface area contributed by atoms with Crippen molar-refractivity contribution >= 4 is 38.3 Å². The Bertz CT molecular complexity index is 409. The lowest BCUT2D eigenvalue weighted by molar-refractivity contribution is -0.118. The number of carbonyl (C=O) groups is 1. The van der Waals surface area contributed by atoms with Crippen molar-refractivity contribution in [1.29, 1.82) is 0 Å². The molecule has 4 nitrogen and oxygen atoms in total. The normalized spacial score (nSPS) is 12.1. The molecule has 1 aromatic carbocycles. The van der Waals surface area contributed by atoms with Gasteiger partial charge in [0.15, 0.2) is 0 Å². The summed E-state index contributed by atoms with van der Waals surface area (Å²) in [5.74, 6) is -0.343. The molecule has 0 aromatic heterocycles. The standard InChI is InChI=1S/C9H11BrN2O2S/c1-12-9(13)5-15(14)8-4-6(10)2-3-7(8)11/h2-4H,5,11H2,1H3,(H,12,13). The monoisotopic (exact) mass is 290 g/mol. The Labute approximate surface area is 98.8 Å². The molecule has 0 saturated heterocycles. The van der Waals surface area contributed by atoms with Gasteiger partial charge in [0, 0.05) is 17.2 Å². The molecule has 0 aliphatic carbocycles. The quantitative estimate of drug-likeness (QED) is 0.812. The second kappa shape index (κ2) is 5.27. The van der Waals surface area contributed by atoms with E-state index in [1.165, 1.54) is 7.05 Å². The Morgan fingerprint density at radius 2 is 2.27 bits per heavy atom. The van der Waals surface area contributed by atoms with Crippen LogP contribution in [0.15, 0.2) is 27.6 Å². The van der Waals surface area contributed by atoms with Gasteiger partial charge in [-0.05, 0) is 18.2 Å². The molecule has 6 heteroatoms. The summed E-state index contributed by atoms with van der Waals surface area (Å²) >= 11 is 3.26. The van der Waals surface area contributed by atoms with Gasteiger partial charge < -0.3 is 11.1 Å². The van der Waals surface area contributed by atoms with Crippen LogP contribution in [0.3, 0.4) is 0 Å². The van der Waals surface area contributed by atoms with E-state index >= 15 is 0 Å². The van der Waals surface area contributed by atoms with Crippen LogP contribution in [0, 0.1) is 0 Å². The number of nitrogen functional groups attached to an aromatic ring is 1. The molecule has 0 spiro atoms. The first-order valence-electron chi connectivity index (χ1n) is 4.18. The summed E-state index contributed by atoms with van der Waals surface area (Å²) in [6.45, 7) is 0. The topological polar surface area (TPSA) is 72.2 Å². The molecule has 82 valence electrons. The van der Waals surface area contributed by atoms with Gasteiger partial charge in [-0.2, -0.15) is 0 Å². The second-order valence-electron chi connectivity index (χ2n) is 2.85. The Hall–Kier alpha value is -0.880. The van der Waals surface area contributed by atoms with Gasteiger partial charge in [0.25, 0.3) is 0 Å². The molecular formula is C9H11BrN2O2S. The Balaban J connectivity index is 2.91. The first-order valence-corrected chi connectivity index (χ1v) is 6.29. The number of carbonyl (C=O) groups excluding carboxylic acids is 1. The minimum absolute atomic E-state index is 0.0723. The predicted molar refractivity (Wildman–Crippen MR) is 63.9 cm³/mol. The van der Waals surface area contributed by atoms with Crippen LogP contribution in [0.5, 0.6) is 0 Å². The zero-order chi connectivity index (χ0) is 11.4. The highest BCUT2D eigenvalue weighted by Gasteiger charge is 2.12. The lowest BCUT2D eigenvalue weighted by atomic mass is 10.3. The van der Waals surface area contributed by atoms with Gasteiger partial charge in [0.2, 0.25) is 5.91 Å². The van der Waals surface area contributed by atoms with E-state index in [-0.39, 0.29) is 11.7 Å². The van der Waals surface area contributed by atoms with Gasteiger partial charge in [0.1, 0.15) is 5.75 Å². The van der Waals surface area contributed by atoms with Crippen LogP contribution in [-0.2, 0) is 15.6 Å². The van der Waals surface area contributed by atoms with Gasteiger partial charge >= 0.3 is 0 Å². The highest BCUT2D eigenvalue weighted by Crippen LogP contribution is 2.21. The summed E-state index contributed by atoms with van der Waals surface area (Å²) in [5, 5.41) is 2.42. The minimum atomic E-state index is -1.40. The van der Waals surface area contributed by atoms with E-state index in [1.807, 2.05) is 0 Å². The number of hydrogen-bond acceptors (Lipinski definition) is 3. The minimum Gasteiger partial charge on any atom is -0.398 e. The van der Waals surface area contributed by atoms with Crippen LogP contribution >= 0.6 is 15.9 Å². The van der Waals surface area contributed by atoms with Crippen molar-refractivity contribution in [3.05, 3.63) is 22.7 Å². The molecule has 0 heterocycles. The van der Waals surface area contributed by atoms with E-state index in [9.17, 15) is 9.00 Å². The van der Waals surface area contributed by atoms with Crippen LogP contribution in [-0.4, -0.2) is 22.9 Å². The Kier molecular flexibility index (Phi) is 4.28. The Morgan fingerprint density at radius 1 is 1.60 bits per heavy atom. The molecule has 0 saturated carbocycles. The van der Waals surface area contributed by atoms with Crippen molar-refractivity contribution in [3.8, 4) is 0 Å². The molecule has 0 aliphatic rings. The van der Waals surface area contributed by atoms with Gasteiger partial charge in [0.05, 0.1) is 15.7 Å². The maximum Gasteiger partial charge on any atom is 0.232 e. The van der Waals surface area contributed by atoms with Crippen LogP contribution < -0.4 is 11.1 Å². The fourth-order valence-corrected chi connectivity index (χ4v) is 2.61. The SMILES string of the molecule is CNC(=O)CS(=O)c1cc(Br)ccc1N. The molecule has 0 fully saturated rings. The lowest BCUT2D eigenvalue weighted by Gasteiger charge is -2.05. The molecule has 1 aromatic rings. The number of anilines is 1. The summed E-state index contributed by atoms with van der Waals surface area (Å²) in [7, 11) is 0.102. The Morgan fingerprint density at radius 3 is 2.87 bits per heavy atom. The first-order chi connectivity index (χ1) is 7.04. The van der Waals surface area contributed by atoms with Crippen molar-refractivity contribution in [2.75, 3.05) is 18.5 Å². The third kappa shape index (κ3) is 3.32. The van der Waals surface area contributed by atoms with Gasteiger partial charge in [-0.3, -0.25) is 9.00 Å². The van der Waals surface area contributed by atoms with E-state index in [0.717, 1.165) is 4.47 Å². The fraction of sp³-hybridized carbons (Fsp3) is 0.222. The average Bonchev–Trinajstić information content (AvgIpc) is 2.21. The average molecular weight is 291 g/mol. The zero-order valence-electron chi connectivity index (χ0n) is 8.12. The van der Waals surface area contributed by atoms with Gasteiger partial charge in [-0.1, -0.05) is 15.9 Å². The van der Waals surface area contributed by atoms with Crippen LogP contribution in [0.2, 0.25) is 0 Å². The zero-order valence-corrected chi connectivity index (χ0v) is 10.5. The number of nitrogens with one attached hydrogen (secondary N) is 1. The number of halogens is 1. The summed E-state index contributed by atoms with van der Waals surface area (Å²) in [6.07, 6.45) is 0. The summed E-state index contributed by atoms with van der Waals surface area (Å²) in [5.41, 5.74) is 6.09. The molecule has 3 N–H and O–H groups in total. The summed E-state index contributed by atoms with van der Waals surface area (Å²) < 4.78 is 12.5. The van der Waals surface area contributed by atoms with Crippen molar-refractivity contribution in [1.82, 2.24) is 5.32 Å². The van der Waals surface area contributed by atoms with Crippen LogP contribution in [0.25, 0.3) is 0 Å². The third-order valence-corrected chi connectivity index (χ3v) is 3.62. The van der Waals surface area contributed by atoms with Crippen LogP contribution in [0.1, 0.15) is 0 Å². The number of hydrogen-bond donors (Lipinski definition) is 2. The summed E-state index contributed by atoms with van der Waals surface area (Å²) in [6, 6.07) is 5.07. The molecular weight excluding hydrogens is 280 g/mol. The van der Waals surface area contributed by atoms with Crippen molar-refractivity contribution < 1.29 is 9.00 Å². The predicted octanol–water partition coefficient (Wildman–Crippen LogP) is 0.885. The van der Waals surface area contributed by atoms with E-state index in [0.29, 0.717) is 10.6 Å². The van der Waals surface area contributed by atoms with Crippen molar-refractivity contribution in [2.24, 2.45) is 0 Å². The highest BCUT2D eigenvalue weighted by atomic mass is 79.9.